The van der Waals surface area contributed by atoms with Gasteiger partial charge in [-0.1, -0.05) is 29.8 Å². The number of nitrogens with zero attached hydrogens (tertiary/aromatic N) is 1. The van der Waals surface area contributed by atoms with Crippen molar-refractivity contribution in [1.29, 1.82) is 0 Å². The highest BCUT2D eigenvalue weighted by atomic mass is 32.2. The maximum Gasteiger partial charge on any atom is 0.230 e. The predicted molar refractivity (Wildman–Crippen MR) is 86.0 cm³/mol. The number of benzene rings is 1. The van der Waals surface area contributed by atoms with Gasteiger partial charge in [-0.05, 0) is 45.5 Å². The molecule has 0 saturated carbocycles. The van der Waals surface area contributed by atoms with Crippen molar-refractivity contribution < 1.29 is 4.79 Å². The average molecular weight is 292 g/mol. The van der Waals surface area contributed by atoms with Crippen molar-refractivity contribution in [2.24, 2.45) is 0 Å². The Morgan fingerprint density at radius 2 is 2.15 bits per heavy atom. The maximum atomic E-state index is 11.9. The van der Waals surface area contributed by atoms with Gasteiger partial charge in [0.15, 0.2) is 0 Å². The largest absolute Gasteiger partial charge is 0.353 e. The fourth-order valence-corrected chi connectivity index (χ4v) is 3.27. The number of amides is 1. The van der Waals surface area contributed by atoms with Crippen molar-refractivity contribution in [3.05, 3.63) is 35.4 Å². The van der Waals surface area contributed by atoms with E-state index >= 15 is 0 Å². The highest BCUT2D eigenvalue weighted by Crippen LogP contribution is 2.14. The van der Waals surface area contributed by atoms with Gasteiger partial charge in [-0.15, -0.1) is 11.8 Å². The third-order valence-corrected chi connectivity index (χ3v) is 4.67. The van der Waals surface area contributed by atoms with Gasteiger partial charge < -0.3 is 10.2 Å². The van der Waals surface area contributed by atoms with E-state index in [1.54, 1.807) is 11.8 Å². The van der Waals surface area contributed by atoms with Crippen LogP contribution in [0.15, 0.2) is 24.3 Å². The summed E-state index contributed by atoms with van der Waals surface area (Å²) in [7, 11) is 2.13. The molecule has 0 aromatic heterocycles. The zero-order valence-corrected chi connectivity index (χ0v) is 13.2. The second-order valence-corrected chi connectivity index (χ2v) is 6.61. The Morgan fingerprint density at radius 1 is 1.40 bits per heavy atom. The van der Waals surface area contributed by atoms with Crippen LogP contribution in [0.2, 0.25) is 0 Å². The molecule has 2 rings (SSSR count). The van der Waals surface area contributed by atoms with E-state index in [9.17, 15) is 4.79 Å². The number of carbonyl (C=O) groups is 1. The first-order chi connectivity index (χ1) is 9.63. The van der Waals surface area contributed by atoms with Gasteiger partial charge in [-0.3, -0.25) is 4.79 Å². The van der Waals surface area contributed by atoms with Gasteiger partial charge in [0.05, 0.1) is 5.75 Å². The van der Waals surface area contributed by atoms with Gasteiger partial charge in [-0.2, -0.15) is 0 Å². The second kappa shape index (κ2) is 7.70. The molecule has 0 unspecified atom stereocenters. The second-order valence-electron chi connectivity index (χ2n) is 5.63. The lowest BCUT2D eigenvalue weighted by atomic mass is 10.1. The fourth-order valence-electron chi connectivity index (χ4n) is 2.49. The number of hydrogen-bond donors (Lipinski definition) is 1. The fraction of sp³-hybridized carbons (Fsp3) is 0.562. The number of hydrogen-bond acceptors (Lipinski definition) is 3. The molecule has 20 heavy (non-hydrogen) atoms. The number of rotatable bonds is 5. The summed E-state index contributed by atoms with van der Waals surface area (Å²) in [4.78, 5) is 14.2. The van der Waals surface area contributed by atoms with Crippen molar-refractivity contribution >= 4 is 17.7 Å². The van der Waals surface area contributed by atoms with E-state index in [0.29, 0.717) is 11.8 Å². The lowest BCUT2D eigenvalue weighted by Gasteiger charge is -2.29. The Hall–Kier alpha value is -1.00. The van der Waals surface area contributed by atoms with Crippen molar-refractivity contribution in [3.8, 4) is 0 Å². The minimum absolute atomic E-state index is 0.178. The molecule has 0 aliphatic carbocycles. The van der Waals surface area contributed by atoms with Crippen LogP contribution >= 0.6 is 11.8 Å². The van der Waals surface area contributed by atoms with Gasteiger partial charge in [0.1, 0.15) is 0 Å². The minimum Gasteiger partial charge on any atom is -0.353 e. The summed E-state index contributed by atoms with van der Waals surface area (Å²) >= 11 is 1.69. The van der Waals surface area contributed by atoms with Crippen LogP contribution in [0.4, 0.5) is 0 Å². The summed E-state index contributed by atoms with van der Waals surface area (Å²) in [5.41, 5.74) is 2.57. The summed E-state index contributed by atoms with van der Waals surface area (Å²) < 4.78 is 0. The van der Waals surface area contributed by atoms with Crippen molar-refractivity contribution in [2.75, 3.05) is 25.9 Å². The van der Waals surface area contributed by atoms with E-state index in [0.717, 1.165) is 31.7 Å². The van der Waals surface area contributed by atoms with Gasteiger partial charge in [0, 0.05) is 11.8 Å². The zero-order valence-electron chi connectivity index (χ0n) is 12.4. The summed E-state index contributed by atoms with van der Waals surface area (Å²) in [5.74, 6) is 1.64. The monoisotopic (exact) mass is 292 g/mol. The normalized spacial score (nSPS) is 17.1. The molecule has 4 heteroatoms. The molecule has 1 fully saturated rings. The standard InChI is InChI=1S/C16H24N2OS/c1-13-4-3-5-14(10-13)11-20-12-16(19)17-15-6-8-18(2)9-7-15/h3-5,10,15H,6-9,11-12H2,1-2H3,(H,17,19). The zero-order chi connectivity index (χ0) is 14.4. The summed E-state index contributed by atoms with van der Waals surface area (Å²) in [6.07, 6.45) is 2.15. The summed E-state index contributed by atoms with van der Waals surface area (Å²) in [5, 5.41) is 3.15. The molecule has 0 radical (unpaired) electrons. The van der Waals surface area contributed by atoms with Gasteiger partial charge in [-0.25, -0.2) is 0 Å². The van der Waals surface area contributed by atoms with E-state index in [2.05, 4.69) is 48.5 Å². The molecular weight excluding hydrogens is 268 g/mol. The van der Waals surface area contributed by atoms with Gasteiger partial charge >= 0.3 is 0 Å². The van der Waals surface area contributed by atoms with Crippen LogP contribution in [0.1, 0.15) is 24.0 Å². The molecule has 110 valence electrons. The third-order valence-electron chi connectivity index (χ3n) is 3.67. The molecule has 1 saturated heterocycles. The molecule has 1 amide bonds. The molecule has 1 aliphatic heterocycles. The highest BCUT2D eigenvalue weighted by molar-refractivity contribution is 7.99. The number of likely N-dealkylation sites (tertiary alicyclic amines) is 1. The quantitative estimate of drug-likeness (QED) is 0.904. The Labute approximate surface area is 126 Å². The van der Waals surface area contributed by atoms with Crippen LogP contribution in [0, 0.1) is 6.92 Å². The van der Waals surface area contributed by atoms with Crippen LogP contribution in [-0.2, 0) is 10.5 Å². The minimum atomic E-state index is 0.178. The van der Waals surface area contributed by atoms with E-state index in [-0.39, 0.29) is 5.91 Å². The first-order valence-electron chi connectivity index (χ1n) is 7.24. The molecule has 0 bridgehead atoms. The smallest absolute Gasteiger partial charge is 0.230 e. The van der Waals surface area contributed by atoms with Crippen LogP contribution in [0.3, 0.4) is 0 Å². The van der Waals surface area contributed by atoms with E-state index in [4.69, 9.17) is 0 Å². The molecule has 0 spiro atoms. The first-order valence-corrected chi connectivity index (χ1v) is 8.40. The third kappa shape index (κ3) is 5.17. The lowest BCUT2D eigenvalue weighted by Crippen LogP contribution is -2.43. The molecule has 0 atom stereocenters. The first kappa shape index (κ1) is 15.4. The Morgan fingerprint density at radius 3 is 2.85 bits per heavy atom. The Balaban J connectivity index is 1.65. The van der Waals surface area contributed by atoms with Gasteiger partial charge in [0.2, 0.25) is 5.91 Å². The number of nitrogens with one attached hydrogen (secondary N) is 1. The molecule has 3 nitrogen and oxygen atoms in total. The highest BCUT2D eigenvalue weighted by Gasteiger charge is 2.18. The molecule has 1 N–H and O–H groups in total. The number of piperidine rings is 1. The topological polar surface area (TPSA) is 32.3 Å². The Bertz CT molecular complexity index is 442. The molecule has 1 aromatic rings. The Kier molecular flexibility index (Phi) is 5.92. The number of carbonyl (C=O) groups excluding carboxylic acids is 1. The van der Waals surface area contributed by atoms with E-state index in [1.165, 1.54) is 11.1 Å². The van der Waals surface area contributed by atoms with Crippen LogP contribution in [0.5, 0.6) is 0 Å². The molecular formula is C16H24N2OS. The number of aryl methyl sites for hydroxylation is 1. The molecule has 1 heterocycles. The van der Waals surface area contributed by atoms with Crippen LogP contribution < -0.4 is 5.32 Å². The summed E-state index contributed by atoms with van der Waals surface area (Å²) in [6, 6.07) is 8.85. The predicted octanol–water partition coefficient (Wildman–Crippen LogP) is 2.44. The SMILES string of the molecule is Cc1cccc(CSCC(=O)NC2CCN(C)CC2)c1. The van der Waals surface area contributed by atoms with Crippen molar-refractivity contribution in [2.45, 2.75) is 31.6 Å². The maximum absolute atomic E-state index is 11.9. The van der Waals surface area contributed by atoms with Crippen molar-refractivity contribution in [1.82, 2.24) is 10.2 Å². The molecule has 1 aromatic carbocycles. The van der Waals surface area contributed by atoms with Gasteiger partial charge in [0.25, 0.3) is 0 Å². The average Bonchev–Trinajstić information content (AvgIpc) is 2.41. The van der Waals surface area contributed by atoms with E-state index < -0.39 is 0 Å². The van der Waals surface area contributed by atoms with E-state index in [1.807, 2.05) is 0 Å². The van der Waals surface area contributed by atoms with Crippen molar-refractivity contribution in [3.63, 3.8) is 0 Å². The summed E-state index contributed by atoms with van der Waals surface area (Å²) in [6.45, 7) is 4.27. The number of thioether (sulfide) groups is 1. The molecule has 1 aliphatic rings. The van der Waals surface area contributed by atoms with Crippen LogP contribution in [0.25, 0.3) is 0 Å². The van der Waals surface area contributed by atoms with Crippen LogP contribution in [-0.4, -0.2) is 42.7 Å². The lowest BCUT2D eigenvalue weighted by molar-refractivity contribution is -0.119.